The van der Waals surface area contributed by atoms with Gasteiger partial charge in [-0.25, -0.2) is 19.0 Å². The molecule has 1 aromatic carbocycles. The number of carboxylic acid groups (broad SMARTS) is 1. The van der Waals surface area contributed by atoms with Crippen LogP contribution in [0.15, 0.2) is 23.2 Å². The predicted molar refractivity (Wildman–Crippen MR) is 75.5 cm³/mol. The fourth-order valence-electron chi connectivity index (χ4n) is 1.42. The Bertz CT molecular complexity index is 591. The maximum Gasteiger partial charge on any atom is 0.413 e. The number of carbonyl (C=O) groups excluding carboxylic acids is 1. The summed E-state index contributed by atoms with van der Waals surface area (Å²) in [6.07, 6.45) is -0.675. The number of amidine groups is 1. The summed E-state index contributed by atoms with van der Waals surface area (Å²) >= 11 is 0. The number of hydrogen-bond donors (Lipinski definition) is 2. The van der Waals surface area contributed by atoms with E-state index in [0.717, 1.165) is 12.1 Å². The third kappa shape index (κ3) is 5.60. The van der Waals surface area contributed by atoms with Crippen LogP contribution >= 0.6 is 0 Å². The van der Waals surface area contributed by atoms with Crippen LogP contribution < -0.4 is 5.32 Å². The Hall–Kier alpha value is -2.44. The first-order valence-electron chi connectivity index (χ1n) is 6.16. The van der Waals surface area contributed by atoms with Gasteiger partial charge in [0, 0.05) is 6.07 Å². The highest BCUT2D eigenvalue weighted by molar-refractivity contribution is 5.95. The Morgan fingerprint density at radius 2 is 1.95 bits per heavy atom. The van der Waals surface area contributed by atoms with E-state index < -0.39 is 29.0 Å². The number of aliphatic imine (C=N–C) groups is 1. The lowest BCUT2D eigenvalue weighted by Crippen LogP contribution is -2.35. The van der Waals surface area contributed by atoms with Crippen molar-refractivity contribution in [3.8, 4) is 0 Å². The summed E-state index contributed by atoms with van der Waals surface area (Å²) in [4.78, 5) is 26.2. The van der Waals surface area contributed by atoms with Crippen LogP contribution in [0.2, 0.25) is 0 Å². The molecule has 7 heteroatoms. The maximum absolute atomic E-state index is 13.5. The molecule has 6 nitrogen and oxygen atoms in total. The lowest BCUT2D eigenvalue weighted by molar-refractivity contribution is 0.0562. The number of amides is 1. The van der Waals surface area contributed by atoms with E-state index in [-0.39, 0.29) is 11.5 Å². The molecule has 0 fully saturated rings. The second-order valence-electron chi connectivity index (χ2n) is 5.29. The van der Waals surface area contributed by atoms with Crippen molar-refractivity contribution in [1.29, 1.82) is 0 Å². The summed E-state index contributed by atoms with van der Waals surface area (Å²) in [6.45, 7) is 6.67. The number of halogens is 1. The number of rotatable bonds is 2. The van der Waals surface area contributed by atoms with Crippen LogP contribution in [-0.4, -0.2) is 28.6 Å². The topological polar surface area (TPSA) is 88.0 Å². The zero-order valence-corrected chi connectivity index (χ0v) is 12.2. The summed E-state index contributed by atoms with van der Waals surface area (Å²) < 4.78 is 18.5. The van der Waals surface area contributed by atoms with Crippen molar-refractivity contribution in [2.24, 2.45) is 4.99 Å². The molecule has 0 bridgehead atoms. The number of hydrogen-bond acceptors (Lipinski definition) is 4. The Kier molecular flexibility index (Phi) is 5.02. The molecule has 0 radical (unpaired) electrons. The quantitative estimate of drug-likeness (QED) is 0.648. The van der Waals surface area contributed by atoms with Crippen molar-refractivity contribution in [2.45, 2.75) is 33.3 Å². The van der Waals surface area contributed by atoms with Gasteiger partial charge in [0.2, 0.25) is 0 Å². The molecule has 0 atom stereocenters. The first-order valence-corrected chi connectivity index (χ1v) is 6.16. The number of aromatic carboxylic acids is 1. The van der Waals surface area contributed by atoms with E-state index in [9.17, 15) is 14.0 Å². The van der Waals surface area contributed by atoms with Gasteiger partial charge in [0.1, 0.15) is 17.3 Å². The number of ether oxygens (including phenoxy) is 1. The van der Waals surface area contributed by atoms with E-state index in [1.807, 2.05) is 0 Å². The molecule has 0 aliphatic carbocycles. The molecule has 0 aromatic heterocycles. The second kappa shape index (κ2) is 6.34. The van der Waals surface area contributed by atoms with Gasteiger partial charge in [-0.1, -0.05) is 0 Å². The molecule has 2 N–H and O–H groups in total. The van der Waals surface area contributed by atoms with Crippen LogP contribution in [0, 0.1) is 5.82 Å². The lowest BCUT2D eigenvalue weighted by atomic mass is 10.2. The van der Waals surface area contributed by atoms with Gasteiger partial charge in [0.25, 0.3) is 0 Å². The number of nitrogens with zero attached hydrogens (tertiary/aromatic N) is 1. The molecule has 0 heterocycles. The molecular formula is C14H17FN2O4. The summed E-state index contributed by atoms with van der Waals surface area (Å²) in [6, 6.07) is 3.42. The fraction of sp³-hybridized carbons (Fsp3) is 0.357. The van der Waals surface area contributed by atoms with Crippen molar-refractivity contribution >= 4 is 23.6 Å². The van der Waals surface area contributed by atoms with E-state index in [2.05, 4.69) is 10.3 Å². The molecular weight excluding hydrogens is 279 g/mol. The summed E-state index contributed by atoms with van der Waals surface area (Å²) in [5.41, 5.74) is -0.891. The third-order valence-corrected chi connectivity index (χ3v) is 2.16. The zero-order valence-electron chi connectivity index (χ0n) is 12.2. The minimum Gasteiger partial charge on any atom is -0.478 e. The Morgan fingerprint density at radius 1 is 1.33 bits per heavy atom. The SMILES string of the molecule is CC(=Nc1ccc(C(=O)O)c(F)c1)NC(=O)OC(C)(C)C. The molecule has 1 rings (SSSR count). The molecule has 0 aliphatic heterocycles. The molecule has 0 aliphatic rings. The van der Waals surface area contributed by atoms with Crippen molar-refractivity contribution in [1.82, 2.24) is 5.32 Å². The normalized spacial score (nSPS) is 12.0. The smallest absolute Gasteiger partial charge is 0.413 e. The van der Waals surface area contributed by atoms with E-state index in [4.69, 9.17) is 9.84 Å². The first kappa shape index (κ1) is 16.6. The van der Waals surface area contributed by atoms with E-state index >= 15 is 0 Å². The van der Waals surface area contributed by atoms with Gasteiger partial charge in [-0.2, -0.15) is 0 Å². The standard InChI is InChI=1S/C14H17FN2O4/c1-8(17-13(20)21-14(2,3)4)16-9-5-6-10(12(18)19)11(15)7-9/h5-7H,1-4H3,(H,18,19)(H,16,17,20). The highest BCUT2D eigenvalue weighted by Crippen LogP contribution is 2.17. The zero-order chi connectivity index (χ0) is 16.2. The number of carbonyl (C=O) groups is 2. The molecule has 1 aromatic rings. The van der Waals surface area contributed by atoms with Crippen LogP contribution in [0.3, 0.4) is 0 Å². The Morgan fingerprint density at radius 3 is 2.43 bits per heavy atom. The van der Waals surface area contributed by atoms with Crippen LogP contribution in [-0.2, 0) is 4.74 Å². The third-order valence-electron chi connectivity index (χ3n) is 2.16. The number of nitrogens with one attached hydrogen (secondary N) is 1. The van der Waals surface area contributed by atoms with Gasteiger partial charge in [0.05, 0.1) is 11.3 Å². The van der Waals surface area contributed by atoms with Crippen LogP contribution in [0.5, 0.6) is 0 Å². The van der Waals surface area contributed by atoms with Crippen LogP contribution in [0.1, 0.15) is 38.1 Å². The summed E-state index contributed by atoms with van der Waals surface area (Å²) in [5, 5.41) is 11.1. The molecule has 114 valence electrons. The minimum absolute atomic E-state index is 0.186. The average molecular weight is 296 g/mol. The minimum atomic E-state index is -1.35. The highest BCUT2D eigenvalue weighted by Gasteiger charge is 2.16. The van der Waals surface area contributed by atoms with Crippen molar-refractivity contribution in [3.63, 3.8) is 0 Å². The summed E-state index contributed by atoms with van der Waals surface area (Å²) in [5.74, 6) is -2.05. The predicted octanol–water partition coefficient (Wildman–Crippen LogP) is 3.10. The van der Waals surface area contributed by atoms with Gasteiger partial charge >= 0.3 is 12.1 Å². The van der Waals surface area contributed by atoms with E-state index in [1.54, 1.807) is 20.8 Å². The van der Waals surface area contributed by atoms with Gasteiger partial charge in [-0.15, -0.1) is 0 Å². The second-order valence-corrected chi connectivity index (χ2v) is 5.29. The maximum atomic E-state index is 13.5. The first-order chi connectivity index (χ1) is 9.58. The molecule has 0 spiro atoms. The van der Waals surface area contributed by atoms with Crippen LogP contribution in [0.25, 0.3) is 0 Å². The van der Waals surface area contributed by atoms with Gasteiger partial charge in [-0.3, -0.25) is 5.32 Å². The summed E-state index contributed by atoms with van der Waals surface area (Å²) in [7, 11) is 0. The molecule has 0 saturated carbocycles. The molecule has 1 amide bonds. The van der Waals surface area contributed by atoms with Crippen molar-refractivity contribution in [3.05, 3.63) is 29.6 Å². The van der Waals surface area contributed by atoms with Crippen molar-refractivity contribution in [2.75, 3.05) is 0 Å². The van der Waals surface area contributed by atoms with Crippen molar-refractivity contribution < 1.29 is 23.8 Å². The Labute approximate surface area is 121 Å². The number of benzene rings is 1. The molecule has 21 heavy (non-hydrogen) atoms. The number of carboxylic acids is 1. The fourth-order valence-corrected chi connectivity index (χ4v) is 1.42. The van der Waals surface area contributed by atoms with Crippen LogP contribution in [0.4, 0.5) is 14.9 Å². The number of alkyl carbamates (subject to hydrolysis) is 1. The molecule has 0 unspecified atom stereocenters. The van der Waals surface area contributed by atoms with E-state index in [0.29, 0.717) is 0 Å². The molecule has 0 saturated heterocycles. The highest BCUT2D eigenvalue weighted by atomic mass is 19.1. The lowest BCUT2D eigenvalue weighted by Gasteiger charge is -2.19. The largest absolute Gasteiger partial charge is 0.478 e. The average Bonchev–Trinajstić information content (AvgIpc) is 2.24. The van der Waals surface area contributed by atoms with Gasteiger partial charge in [-0.05, 0) is 39.8 Å². The Balaban J connectivity index is 2.81. The van der Waals surface area contributed by atoms with Gasteiger partial charge < -0.3 is 9.84 Å². The van der Waals surface area contributed by atoms with Gasteiger partial charge in [0.15, 0.2) is 0 Å². The monoisotopic (exact) mass is 296 g/mol. The van der Waals surface area contributed by atoms with E-state index in [1.165, 1.54) is 13.0 Å².